The first kappa shape index (κ1) is 9.97. The molecule has 2 rings (SSSR count). The van der Waals surface area contributed by atoms with Crippen LogP contribution in [0, 0.1) is 16.7 Å². The summed E-state index contributed by atoms with van der Waals surface area (Å²) < 4.78 is 0. The van der Waals surface area contributed by atoms with E-state index in [1.807, 2.05) is 0 Å². The highest BCUT2D eigenvalue weighted by molar-refractivity contribution is 5.82. The molecule has 1 amide bonds. The summed E-state index contributed by atoms with van der Waals surface area (Å²) in [6, 6.07) is 0. The number of amides is 1. The van der Waals surface area contributed by atoms with Crippen molar-refractivity contribution in [2.24, 2.45) is 16.7 Å². The Kier molecular flexibility index (Phi) is 2.11. The monoisotopic (exact) mass is 197 g/mol. The van der Waals surface area contributed by atoms with Crippen molar-refractivity contribution >= 4 is 5.91 Å². The molecule has 0 bridgehead atoms. The summed E-state index contributed by atoms with van der Waals surface area (Å²) in [6.45, 7) is 5.11. The summed E-state index contributed by atoms with van der Waals surface area (Å²) in [5.41, 5.74) is 0.245. The standard InChI is InChI=1S/C11H19NO2/c1-10(2)5-8(10)9(14)12-6-11(7-13)3-4-11/h8,13H,3-7H2,1-2H3,(H,12,14). The van der Waals surface area contributed by atoms with Crippen LogP contribution in [0.15, 0.2) is 0 Å². The molecule has 0 spiro atoms. The second-order valence-electron chi connectivity index (χ2n) is 5.62. The van der Waals surface area contributed by atoms with Crippen LogP contribution in [0.1, 0.15) is 33.1 Å². The number of carbonyl (C=O) groups excluding carboxylic acids is 1. The van der Waals surface area contributed by atoms with Gasteiger partial charge in [0.2, 0.25) is 5.91 Å². The lowest BCUT2D eigenvalue weighted by Gasteiger charge is -2.13. The van der Waals surface area contributed by atoms with Gasteiger partial charge in [0, 0.05) is 17.9 Å². The van der Waals surface area contributed by atoms with Gasteiger partial charge in [0.05, 0.1) is 6.61 Å². The van der Waals surface area contributed by atoms with Crippen molar-refractivity contribution < 1.29 is 9.90 Å². The second kappa shape index (κ2) is 2.96. The van der Waals surface area contributed by atoms with Crippen LogP contribution in [0.25, 0.3) is 0 Å². The summed E-state index contributed by atoms with van der Waals surface area (Å²) in [6.07, 6.45) is 3.11. The molecule has 2 saturated carbocycles. The van der Waals surface area contributed by atoms with Crippen molar-refractivity contribution in [1.29, 1.82) is 0 Å². The van der Waals surface area contributed by atoms with Crippen LogP contribution in [0.3, 0.4) is 0 Å². The predicted molar refractivity (Wildman–Crippen MR) is 53.7 cm³/mol. The molecule has 1 atom stereocenters. The zero-order valence-corrected chi connectivity index (χ0v) is 8.97. The Bertz CT molecular complexity index is 256. The van der Waals surface area contributed by atoms with Crippen LogP contribution >= 0.6 is 0 Å². The van der Waals surface area contributed by atoms with Crippen molar-refractivity contribution in [2.45, 2.75) is 33.1 Å². The van der Waals surface area contributed by atoms with Gasteiger partial charge in [-0.2, -0.15) is 0 Å². The number of hydrogen-bond acceptors (Lipinski definition) is 2. The molecule has 0 radical (unpaired) electrons. The van der Waals surface area contributed by atoms with Crippen LogP contribution in [0.5, 0.6) is 0 Å². The van der Waals surface area contributed by atoms with E-state index in [1.165, 1.54) is 0 Å². The summed E-state index contributed by atoms with van der Waals surface area (Å²) in [5.74, 6) is 0.381. The molecule has 1 unspecified atom stereocenters. The minimum absolute atomic E-state index is 0.0364. The third kappa shape index (κ3) is 1.78. The summed E-state index contributed by atoms with van der Waals surface area (Å²) in [5, 5.41) is 12.0. The van der Waals surface area contributed by atoms with Gasteiger partial charge in [-0.25, -0.2) is 0 Å². The van der Waals surface area contributed by atoms with Crippen molar-refractivity contribution in [3.63, 3.8) is 0 Å². The Morgan fingerprint density at radius 3 is 2.43 bits per heavy atom. The van der Waals surface area contributed by atoms with Gasteiger partial charge in [-0.15, -0.1) is 0 Å². The molecule has 3 heteroatoms. The summed E-state index contributed by atoms with van der Waals surface area (Å²) in [4.78, 5) is 11.6. The maximum atomic E-state index is 11.6. The zero-order chi connectivity index (χ0) is 10.4. The van der Waals surface area contributed by atoms with Crippen LogP contribution < -0.4 is 5.32 Å². The first-order valence-corrected chi connectivity index (χ1v) is 5.38. The molecule has 0 aliphatic heterocycles. The minimum Gasteiger partial charge on any atom is -0.396 e. The predicted octanol–water partition coefficient (Wildman–Crippen LogP) is 0.921. The fraction of sp³-hybridized carbons (Fsp3) is 0.909. The van der Waals surface area contributed by atoms with Gasteiger partial charge in [0.25, 0.3) is 0 Å². The van der Waals surface area contributed by atoms with Crippen LogP contribution in [0.2, 0.25) is 0 Å². The quantitative estimate of drug-likeness (QED) is 0.704. The molecule has 0 heterocycles. The molecule has 80 valence electrons. The number of aliphatic hydroxyl groups excluding tert-OH is 1. The zero-order valence-electron chi connectivity index (χ0n) is 8.97. The molecule has 2 N–H and O–H groups in total. The SMILES string of the molecule is CC1(C)CC1C(=O)NCC1(CO)CC1. The average Bonchev–Trinajstić information content (AvgIpc) is 3.00. The lowest BCUT2D eigenvalue weighted by molar-refractivity contribution is -0.123. The normalized spacial score (nSPS) is 30.9. The molecular formula is C11H19NO2. The highest BCUT2D eigenvalue weighted by Gasteiger charge is 2.51. The molecule has 0 saturated heterocycles. The Morgan fingerprint density at radius 1 is 1.50 bits per heavy atom. The van der Waals surface area contributed by atoms with E-state index < -0.39 is 0 Å². The Balaban J connectivity index is 1.74. The molecule has 2 aliphatic carbocycles. The molecule has 2 aliphatic rings. The van der Waals surface area contributed by atoms with Crippen LogP contribution in [0.4, 0.5) is 0 Å². The molecule has 0 aromatic carbocycles. The fourth-order valence-electron chi connectivity index (χ4n) is 1.88. The molecule has 0 aromatic rings. The minimum atomic E-state index is 0.0364. The van der Waals surface area contributed by atoms with Gasteiger partial charge in [0.1, 0.15) is 0 Å². The largest absolute Gasteiger partial charge is 0.396 e. The summed E-state index contributed by atoms with van der Waals surface area (Å²) in [7, 11) is 0. The highest BCUT2D eigenvalue weighted by atomic mass is 16.3. The van der Waals surface area contributed by atoms with E-state index in [1.54, 1.807) is 0 Å². The topological polar surface area (TPSA) is 49.3 Å². The Hall–Kier alpha value is -0.570. The van der Waals surface area contributed by atoms with Crippen molar-refractivity contribution in [1.82, 2.24) is 5.32 Å². The number of aliphatic hydroxyl groups is 1. The van der Waals surface area contributed by atoms with Crippen molar-refractivity contribution in [3.8, 4) is 0 Å². The van der Waals surface area contributed by atoms with Crippen molar-refractivity contribution in [2.75, 3.05) is 13.2 Å². The van der Waals surface area contributed by atoms with Gasteiger partial charge in [0.15, 0.2) is 0 Å². The summed E-state index contributed by atoms with van der Waals surface area (Å²) >= 11 is 0. The fourth-order valence-corrected chi connectivity index (χ4v) is 1.88. The Labute approximate surface area is 84.9 Å². The highest BCUT2D eigenvalue weighted by Crippen LogP contribution is 2.52. The third-order valence-corrected chi connectivity index (χ3v) is 3.76. The van der Waals surface area contributed by atoms with Crippen molar-refractivity contribution in [3.05, 3.63) is 0 Å². The lowest BCUT2D eigenvalue weighted by Crippen LogP contribution is -2.33. The first-order chi connectivity index (χ1) is 6.49. The third-order valence-electron chi connectivity index (χ3n) is 3.76. The number of nitrogens with one attached hydrogen (secondary N) is 1. The molecule has 3 nitrogen and oxygen atoms in total. The molecule has 14 heavy (non-hydrogen) atoms. The number of rotatable bonds is 4. The van der Waals surface area contributed by atoms with Crippen LogP contribution in [-0.4, -0.2) is 24.2 Å². The van der Waals surface area contributed by atoms with E-state index in [2.05, 4.69) is 19.2 Å². The smallest absolute Gasteiger partial charge is 0.223 e. The molecule has 2 fully saturated rings. The van der Waals surface area contributed by atoms with E-state index in [4.69, 9.17) is 5.11 Å². The van der Waals surface area contributed by atoms with Gasteiger partial charge >= 0.3 is 0 Å². The van der Waals surface area contributed by atoms with Gasteiger partial charge in [-0.3, -0.25) is 4.79 Å². The van der Waals surface area contributed by atoms with Gasteiger partial charge in [-0.05, 0) is 24.7 Å². The maximum absolute atomic E-state index is 11.6. The number of hydrogen-bond donors (Lipinski definition) is 2. The first-order valence-electron chi connectivity index (χ1n) is 5.38. The number of carbonyl (C=O) groups is 1. The van der Waals surface area contributed by atoms with E-state index in [0.29, 0.717) is 6.54 Å². The van der Waals surface area contributed by atoms with Gasteiger partial charge in [-0.1, -0.05) is 13.8 Å². The average molecular weight is 197 g/mol. The maximum Gasteiger partial charge on any atom is 0.223 e. The van der Waals surface area contributed by atoms with E-state index >= 15 is 0 Å². The van der Waals surface area contributed by atoms with Gasteiger partial charge < -0.3 is 10.4 Å². The lowest BCUT2D eigenvalue weighted by atomic mass is 10.1. The van der Waals surface area contributed by atoms with Crippen LogP contribution in [-0.2, 0) is 4.79 Å². The molecule has 0 aromatic heterocycles. The molecular weight excluding hydrogens is 178 g/mol. The second-order valence-corrected chi connectivity index (χ2v) is 5.62. The Morgan fingerprint density at radius 2 is 2.07 bits per heavy atom. The van der Waals surface area contributed by atoms with E-state index in [9.17, 15) is 4.79 Å². The van der Waals surface area contributed by atoms with E-state index in [-0.39, 0.29) is 29.3 Å². The van der Waals surface area contributed by atoms with E-state index in [0.717, 1.165) is 19.3 Å².